The highest BCUT2D eigenvalue weighted by Gasteiger charge is 2.03. The molecule has 0 radical (unpaired) electrons. The molecule has 0 unspecified atom stereocenters. The minimum Gasteiger partial charge on any atom is -0.428 e. The van der Waals surface area contributed by atoms with E-state index in [1.54, 1.807) is 11.8 Å². The standard InChI is InChI=1S/C9H16O5S/c1-8(10)13-7-14-9(11)3-4-12-5-6-15-2/h3-7H2,1-2H3. The summed E-state index contributed by atoms with van der Waals surface area (Å²) in [4.78, 5) is 21.3. The van der Waals surface area contributed by atoms with Gasteiger partial charge in [0.1, 0.15) is 0 Å². The lowest BCUT2D eigenvalue weighted by atomic mass is 10.5. The van der Waals surface area contributed by atoms with Gasteiger partial charge in [-0.25, -0.2) is 0 Å². The predicted octanol–water partition coefficient (Wildman–Crippen LogP) is 0.820. The third-order valence-electron chi connectivity index (χ3n) is 1.36. The summed E-state index contributed by atoms with van der Waals surface area (Å²) < 4.78 is 14.2. The maximum atomic E-state index is 11.0. The lowest BCUT2D eigenvalue weighted by Gasteiger charge is -2.04. The number of thioether (sulfide) groups is 1. The van der Waals surface area contributed by atoms with Crippen LogP contribution in [0.2, 0.25) is 0 Å². The zero-order valence-corrected chi connectivity index (χ0v) is 9.80. The van der Waals surface area contributed by atoms with Crippen LogP contribution in [0.3, 0.4) is 0 Å². The van der Waals surface area contributed by atoms with Gasteiger partial charge in [0, 0.05) is 12.7 Å². The summed E-state index contributed by atoms with van der Waals surface area (Å²) in [6, 6.07) is 0. The SMILES string of the molecule is CSCCOCCC(=O)OCOC(C)=O. The smallest absolute Gasteiger partial charge is 0.311 e. The molecule has 0 saturated heterocycles. The molecule has 0 aliphatic heterocycles. The first-order valence-corrected chi connectivity index (χ1v) is 5.92. The summed E-state index contributed by atoms with van der Waals surface area (Å²) in [7, 11) is 0. The molecule has 0 aromatic rings. The van der Waals surface area contributed by atoms with Gasteiger partial charge in [-0.3, -0.25) is 9.59 Å². The van der Waals surface area contributed by atoms with E-state index in [1.807, 2.05) is 6.26 Å². The molecule has 0 bridgehead atoms. The van der Waals surface area contributed by atoms with Gasteiger partial charge in [0.15, 0.2) is 0 Å². The first kappa shape index (κ1) is 14.2. The molecule has 5 nitrogen and oxygen atoms in total. The van der Waals surface area contributed by atoms with Gasteiger partial charge in [0.2, 0.25) is 6.79 Å². The van der Waals surface area contributed by atoms with Crippen LogP contribution in [-0.2, 0) is 23.8 Å². The highest BCUT2D eigenvalue weighted by atomic mass is 32.2. The summed E-state index contributed by atoms with van der Waals surface area (Å²) in [5.74, 6) is 0.00194. The maximum absolute atomic E-state index is 11.0. The lowest BCUT2D eigenvalue weighted by molar-refractivity contribution is -0.166. The third-order valence-corrected chi connectivity index (χ3v) is 1.94. The highest BCUT2D eigenvalue weighted by molar-refractivity contribution is 7.98. The fourth-order valence-electron chi connectivity index (χ4n) is 0.650. The zero-order valence-electron chi connectivity index (χ0n) is 8.99. The second-order valence-corrected chi connectivity index (χ2v) is 3.61. The number of hydrogen-bond acceptors (Lipinski definition) is 6. The van der Waals surface area contributed by atoms with Crippen LogP contribution in [-0.4, -0.2) is 44.0 Å². The Morgan fingerprint density at radius 3 is 2.53 bits per heavy atom. The van der Waals surface area contributed by atoms with Crippen LogP contribution in [0.15, 0.2) is 0 Å². The molecular weight excluding hydrogens is 220 g/mol. The Bertz CT molecular complexity index is 195. The van der Waals surface area contributed by atoms with Gasteiger partial charge in [-0.15, -0.1) is 0 Å². The van der Waals surface area contributed by atoms with E-state index in [0.717, 1.165) is 5.75 Å². The van der Waals surface area contributed by atoms with Crippen LogP contribution in [0.5, 0.6) is 0 Å². The summed E-state index contributed by atoms with van der Waals surface area (Å²) in [5.41, 5.74) is 0. The molecule has 0 spiro atoms. The molecule has 0 heterocycles. The number of hydrogen-bond donors (Lipinski definition) is 0. The Morgan fingerprint density at radius 2 is 1.93 bits per heavy atom. The quantitative estimate of drug-likeness (QED) is 0.353. The second-order valence-electron chi connectivity index (χ2n) is 2.63. The number of esters is 2. The molecule has 0 saturated carbocycles. The van der Waals surface area contributed by atoms with Gasteiger partial charge >= 0.3 is 11.9 Å². The van der Waals surface area contributed by atoms with Gasteiger partial charge in [0.25, 0.3) is 0 Å². The average Bonchev–Trinajstić information content (AvgIpc) is 2.17. The number of ether oxygens (including phenoxy) is 3. The first-order chi connectivity index (χ1) is 7.16. The Kier molecular flexibility index (Phi) is 9.30. The summed E-state index contributed by atoms with van der Waals surface area (Å²) in [5, 5.41) is 0. The summed E-state index contributed by atoms with van der Waals surface area (Å²) in [6.45, 7) is 1.89. The van der Waals surface area contributed by atoms with E-state index in [1.165, 1.54) is 6.92 Å². The van der Waals surface area contributed by atoms with Crippen molar-refractivity contribution in [1.29, 1.82) is 0 Å². The van der Waals surface area contributed by atoms with E-state index in [4.69, 9.17) is 4.74 Å². The minimum absolute atomic E-state index is 0.176. The Hall–Kier alpha value is -0.750. The lowest BCUT2D eigenvalue weighted by Crippen LogP contribution is -2.13. The molecule has 0 amide bonds. The van der Waals surface area contributed by atoms with Crippen molar-refractivity contribution < 1.29 is 23.8 Å². The summed E-state index contributed by atoms with van der Waals surface area (Å²) >= 11 is 1.68. The van der Waals surface area contributed by atoms with E-state index in [2.05, 4.69) is 9.47 Å². The monoisotopic (exact) mass is 236 g/mol. The van der Waals surface area contributed by atoms with Crippen molar-refractivity contribution in [2.75, 3.05) is 32.0 Å². The molecule has 0 rings (SSSR count). The van der Waals surface area contributed by atoms with Crippen LogP contribution in [0, 0.1) is 0 Å². The third kappa shape index (κ3) is 11.2. The van der Waals surface area contributed by atoms with E-state index in [9.17, 15) is 9.59 Å². The van der Waals surface area contributed by atoms with Crippen molar-refractivity contribution in [2.45, 2.75) is 13.3 Å². The molecule has 6 heteroatoms. The average molecular weight is 236 g/mol. The van der Waals surface area contributed by atoms with E-state index in [0.29, 0.717) is 13.2 Å². The molecule has 0 aliphatic rings. The van der Waals surface area contributed by atoms with Crippen LogP contribution in [0.4, 0.5) is 0 Å². The minimum atomic E-state index is -0.473. The number of carbonyl (C=O) groups excluding carboxylic acids is 2. The van der Waals surface area contributed by atoms with Gasteiger partial charge in [-0.05, 0) is 6.26 Å². The normalized spacial score (nSPS) is 9.73. The van der Waals surface area contributed by atoms with Crippen LogP contribution in [0.1, 0.15) is 13.3 Å². The Balaban J connectivity index is 3.22. The van der Waals surface area contributed by atoms with Gasteiger partial charge < -0.3 is 14.2 Å². The topological polar surface area (TPSA) is 61.8 Å². The fourth-order valence-corrected chi connectivity index (χ4v) is 0.935. The highest BCUT2D eigenvalue weighted by Crippen LogP contribution is 1.93. The molecule has 0 aromatic heterocycles. The molecule has 0 aromatic carbocycles. The van der Waals surface area contributed by atoms with Crippen molar-refractivity contribution in [3.8, 4) is 0 Å². The van der Waals surface area contributed by atoms with Gasteiger partial charge in [-0.2, -0.15) is 11.8 Å². The molecule has 0 N–H and O–H groups in total. The molecule has 0 fully saturated rings. The zero-order chi connectivity index (χ0) is 11.5. The number of rotatable bonds is 8. The van der Waals surface area contributed by atoms with E-state index >= 15 is 0 Å². The van der Waals surface area contributed by atoms with Crippen LogP contribution in [0.25, 0.3) is 0 Å². The Morgan fingerprint density at radius 1 is 1.20 bits per heavy atom. The number of carbonyl (C=O) groups is 2. The van der Waals surface area contributed by atoms with Crippen molar-refractivity contribution in [3.63, 3.8) is 0 Å². The summed E-state index contributed by atoms with van der Waals surface area (Å²) in [6.07, 6.45) is 2.16. The Labute approximate surface area is 93.4 Å². The largest absolute Gasteiger partial charge is 0.428 e. The van der Waals surface area contributed by atoms with Crippen molar-refractivity contribution in [3.05, 3.63) is 0 Å². The van der Waals surface area contributed by atoms with Crippen LogP contribution >= 0.6 is 11.8 Å². The van der Waals surface area contributed by atoms with Crippen LogP contribution < -0.4 is 0 Å². The predicted molar refractivity (Wildman–Crippen MR) is 56.5 cm³/mol. The molecular formula is C9H16O5S. The molecule has 88 valence electrons. The van der Waals surface area contributed by atoms with Crippen molar-refractivity contribution >= 4 is 23.7 Å². The molecule has 0 aliphatic carbocycles. The van der Waals surface area contributed by atoms with Crippen molar-refractivity contribution in [2.24, 2.45) is 0 Å². The first-order valence-electron chi connectivity index (χ1n) is 4.52. The van der Waals surface area contributed by atoms with E-state index < -0.39 is 11.9 Å². The second kappa shape index (κ2) is 9.79. The van der Waals surface area contributed by atoms with Gasteiger partial charge in [-0.1, -0.05) is 0 Å². The van der Waals surface area contributed by atoms with Crippen molar-refractivity contribution in [1.82, 2.24) is 0 Å². The van der Waals surface area contributed by atoms with E-state index in [-0.39, 0.29) is 13.2 Å². The molecule has 0 atom stereocenters. The maximum Gasteiger partial charge on any atom is 0.311 e. The fraction of sp³-hybridized carbons (Fsp3) is 0.778. The molecule has 15 heavy (non-hydrogen) atoms. The van der Waals surface area contributed by atoms with Gasteiger partial charge in [0.05, 0.1) is 19.6 Å².